The van der Waals surface area contributed by atoms with Gasteiger partial charge in [-0.15, -0.1) is 0 Å². The number of halogens is 3. The second kappa shape index (κ2) is 8.27. The lowest BCUT2D eigenvalue weighted by molar-refractivity contribution is -0.148. The average Bonchev–Trinajstić information content (AvgIpc) is 2.72. The van der Waals surface area contributed by atoms with Gasteiger partial charge in [-0.3, -0.25) is 9.59 Å². The van der Waals surface area contributed by atoms with E-state index in [9.17, 15) is 27.9 Å². The van der Waals surface area contributed by atoms with Gasteiger partial charge in [-0.25, -0.2) is 0 Å². The number of rotatable bonds is 5. The minimum atomic E-state index is -4.38. The van der Waals surface area contributed by atoms with Crippen molar-refractivity contribution in [1.29, 1.82) is 0 Å². The van der Waals surface area contributed by atoms with Crippen LogP contribution in [0, 0.1) is 0 Å². The van der Waals surface area contributed by atoms with Crippen LogP contribution in [0.1, 0.15) is 36.0 Å². The van der Waals surface area contributed by atoms with Crippen LogP contribution in [0.15, 0.2) is 54.6 Å². The number of carbonyl (C=O) groups excluding carboxylic acids is 1. The Balaban J connectivity index is 1.58. The standard InChI is InChI=1S/C22H22F3NO3/c23-22(24,25)18-9-6-16(7-10-18)8-11-19(27)26-14-12-21(13-15-26,20(28)29)17-4-2-1-3-5-17/h1-7,9-10H,8,11-15H2,(H,28,29). The molecule has 4 nitrogen and oxygen atoms in total. The van der Waals surface area contributed by atoms with Crippen molar-refractivity contribution in [2.75, 3.05) is 13.1 Å². The molecule has 0 unspecified atom stereocenters. The van der Waals surface area contributed by atoms with Crippen molar-refractivity contribution in [1.82, 2.24) is 4.90 Å². The number of benzene rings is 2. The molecule has 1 aliphatic rings. The summed E-state index contributed by atoms with van der Waals surface area (Å²) in [5, 5.41) is 9.82. The fourth-order valence-corrected chi connectivity index (χ4v) is 3.79. The maximum Gasteiger partial charge on any atom is 0.416 e. The topological polar surface area (TPSA) is 57.6 Å². The molecule has 0 radical (unpaired) electrons. The second-order valence-corrected chi connectivity index (χ2v) is 7.33. The highest BCUT2D eigenvalue weighted by Crippen LogP contribution is 2.36. The number of hydrogen-bond acceptors (Lipinski definition) is 2. The maximum atomic E-state index is 12.6. The Morgan fingerprint density at radius 2 is 1.55 bits per heavy atom. The van der Waals surface area contributed by atoms with E-state index in [-0.39, 0.29) is 12.3 Å². The molecule has 1 saturated heterocycles. The zero-order chi connectivity index (χ0) is 21.1. The summed E-state index contributed by atoms with van der Waals surface area (Å²) in [6.45, 7) is 0.681. The molecule has 0 bridgehead atoms. The zero-order valence-electron chi connectivity index (χ0n) is 15.8. The van der Waals surface area contributed by atoms with Crippen molar-refractivity contribution >= 4 is 11.9 Å². The Kier molecular flexibility index (Phi) is 5.96. The van der Waals surface area contributed by atoms with E-state index in [2.05, 4.69) is 0 Å². The van der Waals surface area contributed by atoms with E-state index in [1.165, 1.54) is 12.1 Å². The van der Waals surface area contributed by atoms with E-state index in [4.69, 9.17) is 0 Å². The van der Waals surface area contributed by atoms with E-state index in [0.717, 1.165) is 17.7 Å². The predicted octanol–water partition coefficient (Wildman–Crippen LogP) is 4.28. The minimum Gasteiger partial charge on any atom is -0.481 e. The number of aliphatic carboxylic acids is 1. The van der Waals surface area contributed by atoms with Gasteiger partial charge in [-0.2, -0.15) is 13.2 Å². The summed E-state index contributed by atoms with van der Waals surface area (Å²) in [6, 6.07) is 13.9. The van der Waals surface area contributed by atoms with Crippen LogP contribution in [-0.4, -0.2) is 35.0 Å². The van der Waals surface area contributed by atoms with Crippen molar-refractivity contribution in [3.63, 3.8) is 0 Å². The van der Waals surface area contributed by atoms with Crippen LogP contribution in [-0.2, 0) is 27.6 Å². The van der Waals surface area contributed by atoms with Crippen molar-refractivity contribution in [2.24, 2.45) is 0 Å². The third kappa shape index (κ3) is 4.60. The molecular formula is C22H22F3NO3. The van der Waals surface area contributed by atoms with Crippen molar-refractivity contribution in [3.05, 3.63) is 71.3 Å². The summed E-state index contributed by atoms with van der Waals surface area (Å²) in [6.07, 6.45) is -3.19. The van der Waals surface area contributed by atoms with E-state index in [1.54, 1.807) is 17.0 Å². The largest absolute Gasteiger partial charge is 0.481 e. The molecule has 0 saturated carbocycles. The van der Waals surface area contributed by atoms with Gasteiger partial charge >= 0.3 is 12.1 Å². The van der Waals surface area contributed by atoms with Gasteiger partial charge in [0, 0.05) is 19.5 Å². The van der Waals surface area contributed by atoms with Crippen LogP contribution < -0.4 is 0 Å². The number of hydrogen-bond donors (Lipinski definition) is 1. The van der Waals surface area contributed by atoms with Gasteiger partial charge in [-0.1, -0.05) is 42.5 Å². The fourth-order valence-electron chi connectivity index (χ4n) is 3.79. The summed E-state index contributed by atoms with van der Waals surface area (Å²) < 4.78 is 37.8. The van der Waals surface area contributed by atoms with Crippen LogP contribution >= 0.6 is 0 Å². The number of aryl methyl sites for hydroxylation is 1. The molecular weight excluding hydrogens is 383 g/mol. The van der Waals surface area contributed by atoms with Gasteiger partial charge in [0.1, 0.15) is 0 Å². The molecule has 2 aromatic rings. The van der Waals surface area contributed by atoms with Crippen LogP contribution in [0.4, 0.5) is 13.2 Å². The lowest BCUT2D eigenvalue weighted by Gasteiger charge is -2.39. The molecule has 7 heteroatoms. The number of carboxylic acid groups (broad SMARTS) is 1. The van der Waals surface area contributed by atoms with E-state index < -0.39 is 23.1 Å². The highest BCUT2D eigenvalue weighted by Gasteiger charge is 2.43. The molecule has 2 aromatic carbocycles. The van der Waals surface area contributed by atoms with Crippen molar-refractivity contribution in [2.45, 2.75) is 37.3 Å². The average molecular weight is 405 g/mol. The number of carboxylic acids is 1. The first kappa shape index (κ1) is 20.9. The SMILES string of the molecule is O=C(CCc1ccc(C(F)(F)F)cc1)N1CCC(C(=O)O)(c2ccccc2)CC1. The highest BCUT2D eigenvalue weighted by molar-refractivity contribution is 5.82. The Morgan fingerprint density at radius 1 is 0.966 bits per heavy atom. The number of amides is 1. The maximum absolute atomic E-state index is 12.6. The number of alkyl halides is 3. The van der Waals surface area contributed by atoms with E-state index >= 15 is 0 Å². The molecule has 0 atom stereocenters. The highest BCUT2D eigenvalue weighted by atomic mass is 19.4. The van der Waals surface area contributed by atoms with Gasteiger partial charge < -0.3 is 10.0 Å². The van der Waals surface area contributed by atoms with Crippen molar-refractivity contribution in [3.8, 4) is 0 Å². The van der Waals surface area contributed by atoms with Crippen molar-refractivity contribution < 1.29 is 27.9 Å². The molecule has 0 aromatic heterocycles. The van der Waals surface area contributed by atoms with E-state index in [1.807, 2.05) is 18.2 Å². The molecule has 1 N–H and O–H groups in total. The molecule has 1 heterocycles. The van der Waals surface area contributed by atoms with Gasteiger partial charge in [0.2, 0.25) is 5.91 Å². The Bertz CT molecular complexity index is 855. The number of carbonyl (C=O) groups is 2. The summed E-state index contributed by atoms with van der Waals surface area (Å²) in [5.41, 5.74) is -0.308. The molecule has 1 fully saturated rings. The van der Waals surface area contributed by atoms with Crippen LogP contribution in [0.3, 0.4) is 0 Å². The van der Waals surface area contributed by atoms with Gasteiger partial charge in [0.05, 0.1) is 11.0 Å². The fraction of sp³-hybridized carbons (Fsp3) is 0.364. The van der Waals surface area contributed by atoms with Gasteiger partial charge in [0.15, 0.2) is 0 Å². The third-order valence-corrected chi connectivity index (χ3v) is 5.61. The first-order chi connectivity index (χ1) is 13.7. The summed E-state index contributed by atoms with van der Waals surface area (Å²) in [7, 11) is 0. The smallest absolute Gasteiger partial charge is 0.416 e. The summed E-state index contributed by atoms with van der Waals surface area (Å²) in [5.74, 6) is -1.00. The third-order valence-electron chi connectivity index (χ3n) is 5.61. The second-order valence-electron chi connectivity index (χ2n) is 7.33. The van der Waals surface area contributed by atoms with Crippen LogP contribution in [0.5, 0.6) is 0 Å². The lowest BCUT2D eigenvalue weighted by atomic mass is 9.73. The zero-order valence-corrected chi connectivity index (χ0v) is 15.8. The molecule has 0 spiro atoms. The van der Waals surface area contributed by atoms with Crippen LogP contribution in [0.25, 0.3) is 0 Å². The number of nitrogens with zero attached hydrogens (tertiary/aromatic N) is 1. The Labute approximate surface area is 167 Å². The molecule has 154 valence electrons. The van der Waals surface area contributed by atoms with Gasteiger partial charge in [-0.05, 0) is 42.5 Å². The minimum absolute atomic E-state index is 0.114. The molecule has 1 amide bonds. The monoisotopic (exact) mass is 405 g/mol. The van der Waals surface area contributed by atoms with Crippen LogP contribution in [0.2, 0.25) is 0 Å². The molecule has 29 heavy (non-hydrogen) atoms. The summed E-state index contributed by atoms with van der Waals surface area (Å²) in [4.78, 5) is 26.1. The number of likely N-dealkylation sites (tertiary alicyclic amines) is 1. The molecule has 0 aliphatic carbocycles. The Morgan fingerprint density at radius 3 is 2.07 bits per heavy atom. The Hall–Kier alpha value is -2.83. The quantitative estimate of drug-likeness (QED) is 0.808. The molecule has 1 aliphatic heterocycles. The summed E-state index contributed by atoms with van der Waals surface area (Å²) >= 11 is 0. The number of piperidine rings is 1. The lowest BCUT2D eigenvalue weighted by Crippen LogP contribution is -2.49. The van der Waals surface area contributed by atoms with E-state index in [0.29, 0.717) is 37.9 Å². The van der Waals surface area contributed by atoms with Gasteiger partial charge in [0.25, 0.3) is 0 Å². The molecule has 3 rings (SSSR count). The normalized spacial score (nSPS) is 16.4. The first-order valence-corrected chi connectivity index (χ1v) is 9.45. The predicted molar refractivity (Wildman–Crippen MR) is 101 cm³/mol. The first-order valence-electron chi connectivity index (χ1n) is 9.45.